The first-order valence-corrected chi connectivity index (χ1v) is 6.40. The van der Waals surface area contributed by atoms with Gasteiger partial charge in [-0.15, -0.1) is 0 Å². The summed E-state index contributed by atoms with van der Waals surface area (Å²) in [5.41, 5.74) is 2.26. The lowest BCUT2D eigenvalue weighted by Crippen LogP contribution is -2.29. The van der Waals surface area contributed by atoms with Gasteiger partial charge in [0.05, 0.1) is 6.54 Å². The lowest BCUT2D eigenvalue weighted by Gasteiger charge is -2.19. The van der Waals surface area contributed by atoms with Crippen LogP contribution < -0.4 is 5.32 Å². The van der Waals surface area contributed by atoms with Gasteiger partial charge in [0, 0.05) is 12.4 Å². The van der Waals surface area contributed by atoms with Crippen molar-refractivity contribution < 1.29 is 13.2 Å². The predicted molar refractivity (Wildman–Crippen MR) is 70.2 cm³/mol. The zero-order chi connectivity index (χ0) is 14.5. The maximum absolute atomic E-state index is 11.9. The summed E-state index contributed by atoms with van der Waals surface area (Å²) in [7, 11) is 0. The van der Waals surface area contributed by atoms with Crippen molar-refractivity contribution >= 4 is 0 Å². The molecule has 1 aromatic heterocycles. The Hall–Kier alpha value is -1.10. The third-order valence-corrected chi connectivity index (χ3v) is 2.81. The molecule has 0 aromatic carbocycles. The molecule has 0 unspecified atom stereocenters. The van der Waals surface area contributed by atoms with E-state index in [1.165, 1.54) is 0 Å². The molecule has 19 heavy (non-hydrogen) atoms. The Morgan fingerprint density at radius 1 is 1.16 bits per heavy atom. The number of hydrogen-bond acceptors (Lipinski definition) is 2. The number of alkyl halides is 3. The molecule has 0 atom stereocenters. The van der Waals surface area contributed by atoms with Gasteiger partial charge in [0.2, 0.25) is 0 Å². The van der Waals surface area contributed by atoms with Gasteiger partial charge < -0.3 is 5.32 Å². The fourth-order valence-corrected chi connectivity index (χ4v) is 1.68. The van der Waals surface area contributed by atoms with Crippen LogP contribution in [0.1, 0.15) is 38.3 Å². The quantitative estimate of drug-likeness (QED) is 0.832. The maximum Gasteiger partial charge on any atom is 0.401 e. The van der Waals surface area contributed by atoms with E-state index in [9.17, 15) is 13.2 Å². The summed E-state index contributed by atoms with van der Waals surface area (Å²) in [6, 6.07) is 2.08. The fourth-order valence-electron chi connectivity index (χ4n) is 1.68. The second-order valence-electron chi connectivity index (χ2n) is 5.73. The summed E-state index contributed by atoms with van der Waals surface area (Å²) in [5, 5.41) is 2.40. The lowest BCUT2D eigenvalue weighted by atomic mass is 9.87. The Kier molecular flexibility index (Phi) is 5.35. The van der Waals surface area contributed by atoms with E-state index >= 15 is 0 Å². The molecule has 0 aliphatic carbocycles. The molecule has 1 N–H and O–H groups in total. The highest BCUT2D eigenvalue weighted by Gasteiger charge is 2.25. The van der Waals surface area contributed by atoms with E-state index in [4.69, 9.17) is 0 Å². The summed E-state index contributed by atoms with van der Waals surface area (Å²) >= 11 is 0. The molecule has 5 heteroatoms. The molecule has 0 aliphatic rings. The monoisotopic (exact) mass is 274 g/mol. The molecule has 1 heterocycles. The van der Waals surface area contributed by atoms with Crippen molar-refractivity contribution in [1.82, 2.24) is 10.3 Å². The van der Waals surface area contributed by atoms with E-state index in [1.54, 1.807) is 6.20 Å². The highest BCUT2D eigenvalue weighted by atomic mass is 19.4. The van der Waals surface area contributed by atoms with Crippen LogP contribution in [0.4, 0.5) is 13.2 Å². The van der Waals surface area contributed by atoms with Crippen LogP contribution in [0.15, 0.2) is 18.5 Å². The predicted octanol–water partition coefficient (Wildman–Crippen LogP) is 3.46. The van der Waals surface area contributed by atoms with E-state index in [1.807, 2.05) is 6.20 Å². The van der Waals surface area contributed by atoms with E-state index in [2.05, 4.69) is 37.1 Å². The van der Waals surface area contributed by atoms with Gasteiger partial charge >= 0.3 is 6.18 Å². The van der Waals surface area contributed by atoms with Gasteiger partial charge in [-0.25, -0.2) is 0 Å². The smallest absolute Gasteiger partial charge is 0.309 e. The third kappa shape index (κ3) is 6.57. The third-order valence-electron chi connectivity index (χ3n) is 2.81. The summed E-state index contributed by atoms with van der Waals surface area (Å²) in [4.78, 5) is 4.19. The van der Waals surface area contributed by atoms with E-state index in [0.717, 1.165) is 17.5 Å². The van der Waals surface area contributed by atoms with E-state index in [0.29, 0.717) is 13.0 Å². The molecule has 2 nitrogen and oxygen atoms in total. The highest BCUT2D eigenvalue weighted by Crippen LogP contribution is 2.22. The van der Waals surface area contributed by atoms with E-state index < -0.39 is 12.7 Å². The molecule has 0 saturated heterocycles. The normalized spacial score (nSPS) is 12.7. The Morgan fingerprint density at radius 2 is 1.84 bits per heavy atom. The number of pyridine rings is 1. The molecule has 1 rings (SSSR count). The molecular weight excluding hydrogens is 253 g/mol. The average molecular weight is 274 g/mol. The number of aryl methyl sites for hydroxylation is 1. The average Bonchev–Trinajstić information content (AvgIpc) is 2.26. The van der Waals surface area contributed by atoms with Crippen molar-refractivity contribution in [3.05, 3.63) is 29.6 Å². The topological polar surface area (TPSA) is 24.9 Å². The minimum atomic E-state index is -4.13. The zero-order valence-corrected chi connectivity index (χ0v) is 11.6. The molecule has 0 spiro atoms. The first kappa shape index (κ1) is 16.0. The molecule has 108 valence electrons. The van der Waals surface area contributed by atoms with E-state index in [-0.39, 0.29) is 5.41 Å². The molecule has 0 radical (unpaired) electrons. The summed E-state index contributed by atoms with van der Waals surface area (Å²) in [6.45, 7) is 5.77. The molecule has 0 saturated carbocycles. The summed E-state index contributed by atoms with van der Waals surface area (Å²) in [6.07, 6.45) is 0.894. The Morgan fingerprint density at radius 3 is 2.42 bits per heavy atom. The largest absolute Gasteiger partial charge is 0.401 e. The number of nitrogens with zero attached hydrogens (tertiary/aromatic N) is 1. The summed E-state index contributed by atoms with van der Waals surface area (Å²) < 4.78 is 35.8. The van der Waals surface area contributed by atoms with Gasteiger partial charge in [-0.2, -0.15) is 13.2 Å². The van der Waals surface area contributed by atoms with Crippen molar-refractivity contribution in [2.45, 2.75) is 45.2 Å². The first-order chi connectivity index (χ1) is 8.68. The molecule has 0 amide bonds. The van der Waals surface area contributed by atoms with Crippen LogP contribution in [0.25, 0.3) is 0 Å². The maximum atomic E-state index is 11.9. The van der Waals surface area contributed by atoms with Gasteiger partial charge in [-0.05, 0) is 35.9 Å². The zero-order valence-electron chi connectivity index (χ0n) is 11.6. The highest BCUT2D eigenvalue weighted by molar-refractivity contribution is 5.24. The van der Waals surface area contributed by atoms with Gasteiger partial charge in [-0.1, -0.05) is 26.8 Å². The van der Waals surface area contributed by atoms with Crippen molar-refractivity contribution in [1.29, 1.82) is 0 Å². The number of halogens is 3. The van der Waals surface area contributed by atoms with Gasteiger partial charge in [0.25, 0.3) is 0 Å². The second-order valence-corrected chi connectivity index (χ2v) is 5.73. The number of aromatic nitrogens is 1. The van der Waals surface area contributed by atoms with Gasteiger partial charge in [0.1, 0.15) is 0 Å². The van der Waals surface area contributed by atoms with Gasteiger partial charge in [0.15, 0.2) is 0 Å². The minimum absolute atomic E-state index is 0.0392. The van der Waals surface area contributed by atoms with Crippen LogP contribution >= 0.6 is 0 Å². The second kappa shape index (κ2) is 6.37. The number of hydrogen-bond donors (Lipinski definition) is 1. The van der Waals surface area contributed by atoms with Crippen LogP contribution in [0, 0.1) is 0 Å². The van der Waals surface area contributed by atoms with Crippen LogP contribution in [-0.2, 0) is 11.8 Å². The summed E-state index contributed by atoms with van der Waals surface area (Å²) in [5.74, 6) is 0. The van der Waals surface area contributed by atoms with Crippen molar-refractivity contribution in [2.75, 3.05) is 13.1 Å². The van der Waals surface area contributed by atoms with Crippen LogP contribution in [-0.4, -0.2) is 24.2 Å². The SMILES string of the molecule is CC(C)(C)c1cncc(CCCNCC(F)(F)F)c1. The molecule has 1 aromatic rings. The standard InChI is InChI=1S/C14H21F3N2/c1-13(2,3)12-7-11(8-19-9-12)5-4-6-18-10-14(15,16)17/h7-9,18H,4-6,10H2,1-3H3. The van der Waals surface area contributed by atoms with Crippen LogP contribution in [0.3, 0.4) is 0 Å². The molecular formula is C14H21F3N2. The minimum Gasteiger partial charge on any atom is -0.309 e. The molecule has 0 fully saturated rings. The van der Waals surface area contributed by atoms with Crippen molar-refractivity contribution in [3.63, 3.8) is 0 Å². The molecule has 0 bridgehead atoms. The van der Waals surface area contributed by atoms with Gasteiger partial charge in [-0.3, -0.25) is 4.98 Å². The van der Waals surface area contributed by atoms with Crippen LogP contribution in [0.5, 0.6) is 0 Å². The first-order valence-electron chi connectivity index (χ1n) is 6.40. The van der Waals surface area contributed by atoms with Crippen molar-refractivity contribution in [3.8, 4) is 0 Å². The Bertz CT molecular complexity index is 394. The Labute approximate surface area is 112 Å². The van der Waals surface area contributed by atoms with Crippen molar-refractivity contribution in [2.24, 2.45) is 0 Å². The van der Waals surface area contributed by atoms with Crippen LogP contribution in [0.2, 0.25) is 0 Å². The number of nitrogens with one attached hydrogen (secondary N) is 1. The number of rotatable bonds is 5. The lowest BCUT2D eigenvalue weighted by molar-refractivity contribution is -0.124. The molecule has 0 aliphatic heterocycles. The Balaban J connectivity index is 2.38. The fraction of sp³-hybridized carbons (Fsp3) is 0.643.